The van der Waals surface area contributed by atoms with Crippen LogP contribution in [0.5, 0.6) is 11.5 Å². The molecule has 3 N–H and O–H groups in total. The van der Waals surface area contributed by atoms with Crippen LogP contribution in [0.3, 0.4) is 0 Å². The number of hydrogen-bond donors (Lipinski definition) is 2. The summed E-state index contributed by atoms with van der Waals surface area (Å²) < 4.78 is 10.5. The van der Waals surface area contributed by atoms with E-state index in [1.165, 1.54) is 11.3 Å². The predicted molar refractivity (Wildman–Crippen MR) is 82.6 cm³/mol. The van der Waals surface area contributed by atoms with Crippen molar-refractivity contribution in [2.24, 2.45) is 5.73 Å². The zero-order valence-corrected chi connectivity index (χ0v) is 12.8. The van der Waals surface area contributed by atoms with Crippen molar-refractivity contribution in [3.05, 3.63) is 46.2 Å². The maximum absolute atomic E-state index is 12.1. The lowest BCUT2D eigenvalue weighted by Crippen LogP contribution is -2.33. The molecule has 0 saturated heterocycles. The first kappa shape index (κ1) is 15.3. The number of methoxy groups -OCH3 is 2. The van der Waals surface area contributed by atoms with E-state index in [4.69, 9.17) is 15.2 Å². The molecule has 0 aliphatic heterocycles. The summed E-state index contributed by atoms with van der Waals surface area (Å²) in [4.78, 5) is 12.9. The second-order valence-electron chi connectivity index (χ2n) is 4.39. The molecule has 1 aromatic carbocycles. The van der Waals surface area contributed by atoms with Gasteiger partial charge in [-0.15, -0.1) is 11.3 Å². The molecule has 1 atom stereocenters. The van der Waals surface area contributed by atoms with E-state index in [0.29, 0.717) is 18.0 Å². The van der Waals surface area contributed by atoms with Gasteiger partial charge in [0.15, 0.2) is 0 Å². The van der Waals surface area contributed by atoms with Crippen molar-refractivity contribution < 1.29 is 14.3 Å². The van der Waals surface area contributed by atoms with Crippen molar-refractivity contribution in [1.82, 2.24) is 5.32 Å². The van der Waals surface area contributed by atoms with Gasteiger partial charge in [0.25, 0.3) is 0 Å². The molecule has 0 aliphatic carbocycles. The Hall–Kier alpha value is -2.05. The molecule has 2 rings (SSSR count). The Morgan fingerprint density at radius 1 is 1.33 bits per heavy atom. The van der Waals surface area contributed by atoms with Gasteiger partial charge in [0.2, 0.25) is 5.91 Å². The molecular weight excluding hydrogens is 288 g/mol. The Kier molecular flexibility index (Phi) is 5.19. The molecule has 5 nitrogen and oxygen atoms in total. The number of rotatable bonds is 6. The summed E-state index contributed by atoms with van der Waals surface area (Å²) in [5, 5.41) is 4.72. The van der Waals surface area contributed by atoms with Gasteiger partial charge in [-0.3, -0.25) is 4.79 Å². The van der Waals surface area contributed by atoms with Crippen molar-refractivity contribution in [3.63, 3.8) is 0 Å². The lowest BCUT2D eigenvalue weighted by Gasteiger charge is -2.13. The molecule has 21 heavy (non-hydrogen) atoms. The average Bonchev–Trinajstić information content (AvgIpc) is 3.05. The van der Waals surface area contributed by atoms with E-state index in [2.05, 4.69) is 5.32 Å². The Bertz CT molecular complexity index is 599. The quantitative estimate of drug-likeness (QED) is 0.857. The van der Waals surface area contributed by atoms with Gasteiger partial charge in [0, 0.05) is 17.0 Å². The van der Waals surface area contributed by atoms with Gasteiger partial charge in [0.05, 0.1) is 14.2 Å². The second-order valence-corrected chi connectivity index (χ2v) is 5.37. The molecule has 0 aliphatic rings. The SMILES string of the molecule is COc1ccc(OC)c(CNC(=O)C(N)c2cccs2)c1. The highest BCUT2D eigenvalue weighted by molar-refractivity contribution is 7.10. The van der Waals surface area contributed by atoms with Crippen LogP contribution in [0, 0.1) is 0 Å². The smallest absolute Gasteiger partial charge is 0.242 e. The van der Waals surface area contributed by atoms with Crippen molar-refractivity contribution in [2.45, 2.75) is 12.6 Å². The predicted octanol–water partition coefficient (Wildman–Crippen LogP) is 2.08. The van der Waals surface area contributed by atoms with Crippen LogP contribution in [-0.4, -0.2) is 20.1 Å². The fourth-order valence-corrected chi connectivity index (χ4v) is 2.63. The minimum absolute atomic E-state index is 0.220. The van der Waals surface area contributed by atoms with Crippen molar-refractivity contribution in [2.75, 3.05) is 14.2 Å². The van der Waals surface area contributed by atoms with E-state index in [1.54, 1.807) is 20.3 Å². The first-order valence-electron chi connectivity index (χ1n) is 6.43. The van der Waals surface area contributed by atoms with Crippen LogP contribution in [0.1, 0.15) is 16.5 Å². The second kappa shape index (κ2) is 7.10. The molecule has 1 heterocycles. The van der Waals surface area contributed by atoms with Crippen LogP contribution >= 0.6 is 11.3 Å². The summed E-state index contributed by atoms with van der Waals surface area (Å²) in [5.41, 5.74) is 6.75. The minimum atomic E-state index is -0.651. The fourth-order valence-electron chi connectivity index (χ4n) is 1.91. The molecule has 0 saturated carbocycles. The monoisotopic (exact) mass is 306 g/mol. The van der Waals surface area contributed by atoms with Gasteiger partial charge in [-0.25, -0.2) is 0 Å². The van der Waals surface area contributed by atoms with Crippen LogP contribution in [-0.2, 0) is 11.3 Å². The molecule has 2 aromatic rings. The van der Waals surface area contributed by atoms with Crippen LogP contribution in [0.25, 0.3) is 0 Å². The molecule has 112 valence electrons. The van der Waals surface area contributed by atoms with Gasteiger partial charge >= 0.3 is 0 Å². The molecule has 1 amide bonds. The highest BCUT2D eigenvalue weighted by Crippen LogP contribution is 2.24. The average molecular weight is 306 g/mol. The van der Waals surface area contributed by atoms with Crippen LogP contribution in [0.4, 0.5) is 0 Å². The van der Waals surface area contributed by atoms with E-state index in [-0.39, 0.29) is 5.91 Å². The Morgan fingerprint density at radius 3 is 2.76 bits per heavy atom. The van der Waals surface area contributed by atoms with E-state index in [0.717, 1.165) is 10.4 Å². The van der Waals surface area contributed by atoms with Crippen molar-refractivity contribution in [3.8, 4) is 11.5 Å². The topological polar surface area (TPSA) is 73.6 Å². The van der Waals surface area contributed by atoms with Gasteiger partial charge < -0.3 is 20.5 Å². The summed E-state index contributed by atoms with van der Waals surface area (Å²) in [5.74, 6) is 1.19. The number of thiophene rings is 1. The molecule has 1 unspecified atom stereocenters. The van der Waals surface area contributed by atoms with Gasteiger partial charge in [-0.1, -0.05) is 6.07 Å². The highest BCUT2D eigenvalue weighted by Gasteiger charge is 2.17. The third-order valence-corrected chi connectivity index (χ3v) is 4.03. The maximum Gasteiger partial charge on any atom is 0.242 e. The minimum Gasteiger partial charge on any atom is -0.497 e. The summed E-state index contributed by atoms with van der Waals surface area (Å²) in [6, 6.07) is 8.51. The fraction of sp³-hybridized carbons (Fsp3) is 0.267. The summed E-state index contributed by atoms with van der Waals surface area (Å²) >= 11 is 1.46. The van der Waals surface area contributed by atoms with Gasteiger partial charge in [0.1, 0.15) is 17.5 Å². The summed E-state index contributed by atoms with van der Waals surface area (Å²) in [7, 11) is 3.18. The van der Waals surface area contributed by atoms with Crippen molar-refractivity contribution in [1.29, 1.82) is 0 Å². The number of nitrogens with one attached hydrogen (secondary N) is 1. The molecular formula is C15H18N2O3S. The standard InChI is InChI=1S/C15H18N2O3S/c1-19-11-5-6-12(20-2)10(8-11)9-17-15(18)14(16)13-4-3-7-21-13/h3-8,14H,9,16H2,1-2H3,(H,17,18). The van der Waals surface area contributed by atoms with Crippen LogP contribution < -0.4 is 20.5 Å². The maximum atomic E-state index is 12.1. The summed E-state index contributed by atoms with van der Waals surface area (Å²) in [6.45, 7) is 0.332. The van der Waals surface area contributed by atoms with Gasteiger partial charge in [-0.05, 0) is 29.6 Å². The zero-order chi connectivity index (χ0) is 15.2. The molecule has 0 bridgehead atoms. The lowest BCUT2D eigenvalue weighted by molar-refractivity contribution is -0.122. The largest absolute Gasteiger partial charge is 0.497 e. The van der Waals surface area contributed by atoms with Gasteiger partial charge in [-0.2, -0.15) is 0 Å². The molecule has 1 aromatic heterocycles. The number of benzene rings is 1. The Morgan fingerprint density at radius 2 is 2.14 bits per heavy atom. The number of carbonyl (C=O) groups is 1. The number of carbonyl (C=O) groups excluding carboxylic acids is 1. The third-order valence-electron chi connectivity index (χ3n) is 3.07. The number of amides is 1. The third kappa shape index (κ3) is 3.74. The van der Waals surface area contributed by atoms with E-state index >= 15 is 0 Å². The first-order valence-corrected chi connectivity index (χ1v) is 7.31. The van der Waals surface area contributed by atoms with Crippen LogP contribution in [0.15, 0.2) is 35.7 Å². The van der Waals surface area contributed by atoms with E-state index in [9.17, 15) is 4.79 Å². The van der Waals surface area contributed by atoms with E-state index < -0.39 is 6.04 Å². The molecule has 0 radical (unpaired) electrons. The normalized spacial score (nSPS) is 11.8. The molecule has 6 heteroatoms. The first-order chi connectivity index (χ1) is 10.2. The molecule has 0 spiro atoms. The highest BCUT2D eigenvalue weighted by atomic mass is 32.1. The number of hydrogen-bond acceptors (Lipinski definition) is 5. The number of nitrogens with two attached hydrogens (primary N) is 1. The summed E-state index contributed by atoms with van der Waals surface area (Å²) in [6.07, 6.45) is 0. The number of ether oxygens (including phenoxy) is 2. The zero-order valence-electron chi connectivity index (χ0n) is 12.0. The Labute approximate surface area is 127 Å². The Balaban J connectivity index is 2.03. The lowest BCUT2D eigenvalue weighted by atomic mass is 10.1. The van der Waals surface area contributed by atoms with Crippen molar-refractivity contribution >= 4 is 17.2 Å². The molecule has 0 fully saturated rings. The van der Waals surface area contributed by atoms with Crippen LogP contribution in [0.2, 0.25) is 0 Å². The van der Waals surface area contributed by atoms with E-state index in [1.807, 2.05) is 29.6 Å².